The van der Waals surface area contributed by atoms with Crippen LogP contribution in [-0.2, 0) is 24.1 Å². The minimum Gasteiger partial charge on any atom is -0.473 e. The molecule has 38 heavy (non-hydrogen) atoms. The van der Waals surface area contributed by atoms with Crippen molar-refractivity contribution in [2.45, 2.75) is 45.7 Å². The van der Waals surface area contributed by atoms with Crippen molar-refractivity contribution in [3.63, 3.8) is 0 Å². The second-order valence-corrected chi connectivity index (χ2v) is 9.23. The van der Waals surface area contributed by atoms with Crippen LogP contribution in [-0.4, -0.2) is 32.8 Å². The van der Waals surface area contributed by atoms with Gasteiger partial charge in [0.15, 0.2) is 0 Å². The van der Waals surface area contributed by atoms with Crippen LogP contribution in [0.2, 0.25) is 0 Å². The normalized spacial score (nSPS) is 13.0. The maximum absolute atomic E-state index is 12.7. The number of benzene rings is 1. The molecule has 10 nitrogen and oxygen atoms in total. The van der Waals surface area contributed by atoms with Crippen LogP contribution < -0.4 is 20.1 Å². The predicted molar refractivity (Wildman–Crippen MR) is 127 cm³/mol. The van der Waals surface area contributed by atoms with E-state index in [1.165, 1.54) is 27.7 Å². The molecule has 0 unspecified atom stereocenters. The number of aromatic nitrogens is 3. The molecule has 0 saturated carbocycles. The number of hydrogen-bond acceptors (Lipinski definition) is 8. The fourth-order valence-corrected chi connectivity index (χ4v) is 3.53. The summed E-state index contributed by atoms with van der Waals surface area (Å²) in [5, 5.41) is 9.52. The number of fused-ring (bicyclic) bond motifs is 1. The standard InChI is InChI=1S/C25H22F3N5O5/c1-24(2,3)38-23(35)33-9-8-32-21(33)11-20(31-22(32)34)36-14-15-4-6-18(16(10-15)12-29)37-17-5-7-19(30-13-17)25(26,27)28/h4-7,10-11,13H,8-9,14H2,1-3H3. The van der Waals surface area contributed by atoms with Crippen molar-refractivity contribution in [2.75, 3.05) is 11.4 Å². The molecule has 0 bridgehead atoms. The van der Waals surface area contributed by atoms with Crippen LogP contribution >= 0.6 is 0 Å². The van der Waals surface area contributed by atoms with Crippen molar-refractivity contribution in [1.29, 1.82) is 5.26 Å². The smallest absolute Gasteiger partial charge is 0.433 e. The Morgan fingerprint density at radius 3 is 2.53 bits per heavy atom. The van der Waals surface area contributed by atoms with Crippen molar-refractivity contribution in [3.8, 4) is 23.4 Å². The Balaban J connectivity index is 1.47. The van der Waals surface area contributed by atoms with Crippen LogP contribution in [0.5, 0.6) is 17.4 Å². The van der Waals surface area contributed by atoms with Gasteiger partial charge in [-0.05, 0) is 50.6 Å². The highest BCUT2D eigenvalue weighted by atomic mass is 19.4. The van der Waals surface area contributed by atoms with Gasteiger partial charge in [-0.15, -0.1) is 0 Å². The molecular weight excluding hydrogens is 507 g/mol. The Labute approximate surface area is 214 Å². The van der Waals surface area contributed by atoms with E-state index in [0.29, 0.717) is 11.4 Å². The Morgan fingerprint density at radius 2 is 1.89 bits per heavy atom. The lowest BCUT2D eigenvalue weighted by molar-refractivity contribution is -0.141. The van der Waals surface area contributed by atoms with E-state index < -0.39 is 29.3 Å². The lowest BCUT2D eigenvalue weighted by Crippen LogP contribution is -2.36. The van der Waals surface area contributed by atoms with Gasteiger partial charge in [0.2, 0.25) is 5.88 Å². The molecule has 1 aliphatic rings. The number of carbonyl (C=O) groups is 1. The number of pyridine rings is 1. The van der Waals surface area contributed by atoms with Crippen molar-refractivity contribution in [1.82, 2.24) is 14.5 Å². The number of alkyl halides is 3. The molecule has 1 amide bonds. The van der Waals surface area contributed by atoms with Gasteiger partial charge in [-0.2, -0.15) is 23.4 Å². The Morgan fingerprint density at radius 1 is 1.13 bits per heavy atom. The van der Waals surface area contributed by atoms with Crippen LogP contribution in [0.1, 0.15) is 37.6 Å². The van der Waals surface area contributed by atoms with Crippen molar-refractivity contribution >= 4 is 11.9 Å². The molecule has 3 aromatic rings. The second kappa shape index (κ2) is 10.0. The first-order valence-corrected chi connectivity index (χ1v) is 11.3. The molecule has 1 aromatic carbocycles. The van der Waals surface area contributed by atoms with E-state index >= 15 is 0 Å². The summed E-state index contributed by atoms with van der Waals surface area (Å²) in [6.45, 7) is 5.65. The molecule has 0 radical (unpaired) electrons. The predicted octanol–water partition coefficient (Wildman–Crippen LogP) is 4.66. The van der Waals surface area contributed by atoms with Gasteiger partial charge < -0.3 is 14.2 Å². The van der Waals surface area contributed by atoms with Crippen LogP contribution in [0.3, 0.4) is 0 Å². The Hall–Kier alpha value is -4.60. The first kappa shape index (κ1) is 26.5. The van der Waals surface area contributed by atoms with E-state index in [1.54, 1.807) is 26.8 Å². The number of ether oxygens (including phenoxy) is 3. The molecule has 0 spiro atoms. The molecule has 0 atom stereocenters. The van der Waals surface area contributed by atoms with E-state index in [-0.39, 0.29) is 42.6 Å². The van der Waals surface area contributed by atoms with Crippen LogP contribution in [0.4, 0.5) is 23.8 Å². The zero-order valence-electron chi connectivity index (χ0n) is 20.6. The molecule has 13 heteroatoms. The highest BCUT2D eigenvalue weighted by molar-refractivity contribution is 5.87. The number of nitriles is 1. The summed E-state index contributed by atoms with van der Waals surface area (Å²) in [6.07, 6.45) is -4.26. The third-order valence-corrected chi connectivity index (χ3v) is 5.21. The van der Waals surface area contributed by atoms with Gasteiger partial charge in [-0.3, -0.25) is 9.47 Å². The zero-order valence-corrected chi connectivity index (χ0v) is 20.6. The fraction of sp³-hybridized carbons (Fsp3) is 0.320. The summed E-state index contributed by atoms with van der Waals surface area (Å²) in [6, 6.07) is 9.82. The van der Waals surface area contributed by atoms with Gasteiger partial charge in [0.1, 0.15) is 41.3 Å². The average Bonchev–Trinajstić information content (AvgIpc) is 3.27. The molecule has 2 aromatic heterocycles. The summed E-state index contributed by atoms with van der Waals surface area (Å²) in [5.74, 6) is 0.405. The minimum absolute atomic E-state index is 0.0219. The van der Waals surface area contributed by atoms with Gasteiger partial charge in [0, 0.05) is 19.2 Å². The number of anilines is 1. The zero-order chi connectivity index (χ0) is 27.7. The van der Waals surface area contributed by atoms with E-state index in [1.807, 2.05) is 6.07 Å². The fourth-order valence-electron chi connectivity index (χ4n) is 3.53. The summed E-state index contributed by atoms with van der Waals surface area (Å²) in [4.78, 5) is 33.6. The molecule has 1 aliphatic heterocycles. The molecule has 0 fully saturated rings. The minimum atomic E-state index is -4.58. The quantitative estimate of drug-likeness (QED) is 0.468. The molecule has 0 N–H and O–H groups in total. The van der Waals surface area contributed by atoms with E-state index in [4.69, 9.17) is 14.2 Å². The highest BCUT2D eigenvalue weighted by Crippen LogP contribution is 2.31. The van der Waals surface area contributed by atoms with E-state index in [0.717, 1.165) is 18.3 Å². The largest absolute Gasteiger partial charge is 0.473 e. The molecule has 0 aliphatic carbocycles. The van der Waals surface area contributed by atoms with E-state index in [2.05, 4.69) is 9.97 Å². The monoisotopic (exact) mass is 529 g/mol. The Bertz CT molecular complexity index is 1460. The highest BCUT2D eigenvalue weighted by Gasteiger charge is 2.32. The summed E-state index contributed by atoms with van der Waals surface area (Å²) in [7, 11) is 0. The number of nitrogens with zero attached hydrogens (tertiary/aromatic N) is 5. The number of hydrogen-bond donors (Lipinski definition) is 0. The van der Waals surface area contributed by atoms with Crippen molar-refractivity contribution < 1.29 is 32.2 Å². The molecular formula is C25H22F3N5O5. The summed E-state index contributed by atoms with van der Waals surface area (Å²) < 4.78 is 56.0. The summed E-state index contributed by atoms with van der Waals surface area (Å²) >= 11 is 0. The maximum atomic E-state index is 12.7. The van der Waals surface area contributed by atoms with Crippen molar-refractivity contribution in [3.05, 3.63) is 69.9 Å². The van der Waals surface area contributed by atoms with Crippen LogP contribution in [0.15, 0.2) is 47.4 Å². The maximum Gasteiger partial charge on any atom is 0.433 e. The average molecular weight is 529 g/mol. The topological polar surface area (TPSA) is 120 Å². The summed E-state index contributed by atoms with van der Waals surface area (Å²) in [5.41, 5.74) is -1.73. The molecule has 4 rings (SSSR count). The second-order valence-electron chi connectivity index (χ2n) is 9.23. The van der Waals surface area contributed by atoms with Crippen LogP contribution in [0, 0.1) is 11.3 Å². The van der Waals surface area contributed by atoms with Gasteiger partial charge in [0.25, 0.3) is 0 Å². The van der Waals surface area contributed by atoms with Gasteiger partial charge >= 0.3 is 18.0 Å². The number of halogens is 3. The van der Waals surface area contributed by atoms with E-state index in [9.17, 15) is 28.0 Å². The number of amides is 1. The first-order chi connectivity index (χ1) is 17.8. The first-order valence-electron chi connectivity index (χ1n) is 11.3. The Kier molecular flexibility index (Phi) is 6.99. The van der Waals surface area contributed by atoms with Gasteiger partial charge in [-0.25, -0.2) is 14.6 Å². The molecule has 3 heterocycles. The lowest BCUT2D eigenvalue weighted by atomic mass is 10.1. The van der Waals surface area contributed by atoms with Crippen LogP contribution in [0.25, 0.3) is 0 Å². The SMILES string of the molecule is CC(C)(C)OC(=O)N1CCn2c1cc(OCc1ccc(Oc3ccc(C(F)(F)F)nc3)c(C#N)c1)nc2=O. The van der Waals surface area contributed by atoms with Gasteiger partial charge in [-0.1, -0.05) is 6.07 Å². The lowest BCUT2D eigenvalue weighted by Gasteiger charge is -2.24. The number of carbonyl (C=O) groups excluding carboxylic acids is 1. The molecule has 0 saturated heterocycles. The number of rotatable bonds is 5. The van der Waals surface area contributed by atoms with Gasteiger partial charge in [0.05, 0.1) is 11.8 Å². The third kappa shape index (κ3) is 6.03. The molecule has 198 valence electrons. The third-order valence-electron chi connectivity index (χ3n) is 5.21. The van der Waals surface area contributed by atoms with Crippen molar-refractivity contribution in [2.24, 2.45) is 0 Å².